The number of fused-ring (bicyclic) bond motifs is 2. The van der Waals surface area contributed by atoms with Crippen molar-refractivity contribution in [3.05, 3.63) is 46.0 Å². The molecule has 0 bridgehead atoms. The monoisotopic (exact) mass is 284 g/mol. The molecular formula is C16H20N4O. The number of likely N-dealkylation sites (tertiary alicyclic amines) is 1. The zero-order valence-electron chi connectivity index (χ0n) is 12.2. The van der Waals surface area contributed by atoms with E-state index in [1.165, 1.54) is 0 Å². The highest BCUT2D eigenvalue weighted by Gasteiger charge is 2.35. The van der Waals surface area contributed by atoms with Gasteiger partial charge < -0.3 is 5.32 Å². The second-order valence-electron chi connectivity index (χ2n) is 6.39. The van der Waals surface area contributed by atoms with Gasteiger partial charge in [0.05, 0.1) is 5.69 Å². The van der Waals surface area contributed by atoms with Crippen molar-refractivity contribution in [2.24, 2.45) is 11.8 Å². The van der Waals surface area contributed by atoms with Gasteiger partial charge in [-0.05, 0) is 49.5 Å². The Hall–Kier alpha value is -1.72. The lowest BCUT2D eigenvalue weighted by Crippen LogP contribution is -2.27. The van der Waals surface area contributed by atoms with Crippen LogP contribution in [0.3, 0.4) is 0 Å². The lowest BCUT2D eigenvalue weighted by molar-refractivity contribution is 0.302. The molecule has 5 nitrogen and oxygen atoms in total. The molecule has 21 heavy (non-hydrogen) atoms. The van der Waals surface area contributed by atoms with Gasteiger partial charge in [0, 0.05) is 31.9 Å². The van der Waals surface area contributed by atoms with E-state index in [0.29, 0.717) is 0 Å². The summed E-state index contributed by atoms with van der Waals surface area (Å²) < 4.78 is 1.61. The number of hydrogen-bond donors (Lipinski definition) is 1. The molecular weight excluding hydrogens is 264 g/mol. The SMILES string of the molecule is Cc1ccn2c(=O)cc(CN3C[C@H]4CNC[C@H]4C3)nc2c1. The predicted molar refractivity (Wildman–Crippen MR) is 81.3 cm³/mol. The van der Waals surface area contributed by atoms with E-state index in [9.17, 15) is 4.79 Å². The summed E-state index contributed by atoms with van der Waals surface area (Å²) in [6, 6.07) is 5.58. The zero-order chi connectivity index (χ0) is 14.4. The fourth-order valence-electron chi connectivity index (χ4n) is 3.65. The summed E-state index contributed by atoms with van der Waals surface area (Å²) in [5, 5.41) is 3.45. The van der Waals surface area contributed by atoms with Crippen LogP contribution < -0.4 is 10.9 Å². The molecule has 2 aliphatic rings. The first kappa shape index (κ1) is 13.0. The Kier molecular flexibility index (Phi) is 3.05. The molecule has 2 saturated heterocycles. The molecule has 0 amide bonds. The van der Waals surface area contributed by atoms with Gasteiger partial charge in [-0.1, -0.05) is 0 Å². The topological polar surface area (TPSA) is 49.6 Å². The van der Waals surface area contributed by atoms with Gasteiger partial charge in [0.25, 0.3) is 5.56 Å². The van der Waals surface area contributed by atoms with E-state index in [1.807, 2.05) is 19.1 Å². The van der Waals surface area contributed by atoms with Crippen LogP contribution in [0.2, 0.25) is 0 Å². The summed E-state index contributed by atoms with van der Waals surface area (Å²) in [5.74, 6) is 1.54. The summed E-state index contributed by atoms with van der Waals surface area (Å²) in [4.78, 5) is 19.3. The highest BCUT2D eigenvalue weighted by atomic mass is 16.1. The van der Waals surface area contributed by atoms with Crippen LogP contribution in [0.1, 0.15) is 11.3 Å². The maximum absolute atomic E-state index is 12.2. The first-order valence-electron chi connectivity index (χ1n) is 7.61. The molecule has 0 saturated carbocycles. The van der Waals surface area contributed by atoms with E-state index in [0.717, 1.165) is 61.5 Å². The highest BCUT2D eigenvalue weighted by Crippen LogP contribution is 2.27. The second kappa shape index (κ2) is 4.93. The first-order valence-corrected chi connectivity index (χ1v) is 7.61. The lowest BCUT2D eigenvalue weighted by atomic mass is 10.0. The Morgan fingerprint density at radius 2 is 2.05 bits per heavy atom. The fraction of sp³-hybridized carbons (Fsp3) is 0.500. The van der Waals surface area contributed by atoms with Crippen molar-refractivity contribution in [3.8, 4) is 0 Å². The maximum Gasteiger partial charge on any atom is 0.258 e. The van der Waals surface area contributed by atoms with E-state index in [2.05, 4.69) is 15.2 Å². The molecule has 2 aliphatic heterocycles. The number of rotatable bonds is 2. The molecule has 0 spiro atoms. The third-order valence-electron chi connectivity index (χ3n) is 4.73. The molecule has 0 aromatic carbocycles. The van der Waals surface area contributed by atoms with Gasteiger partial charge in [-0.2, -0.15) is 0 Å². The van der Waals surface area contributed by atoms with Crippen LogP contribution in [0.15, 0.2) is 29.2 Å². The largest absolute Gasteiger partial charge is 0.316 e. The zero-order valence-corrected chi connectivity index (χ0v) is 12.2. The molecule has 0 aliphatic carbocycles. The molecule has 2 aromatic heterocycles. The second-order valence-corrected chi connectivity index (χ2v) is 6.39. The normalized spacial score (nSPS) is 25.6. The number of aryl methyl sites for hydroxylation is 1. The molecule has 4 rings (SSSR count). The number of aromatic nitrogens is 2. The molecule has 4 heterocycles. The molecule has 2 atom stereocenters. The number of nitrogens with one attached hydrogen (secondary N) is 1. The molecule has 1 N–H and O–H groups in total. The molecule has 2 fully saturated rings. The van der Waals surface area contributed by atoms with Gasteiger partial charge in [-0.15, -0.1) is 0 Å². The third-order valence-corrected chi connectivity index (χ3v) is 4.73. The van der Waals surface area contributed by atoms with Gasteiger partial charge in [0.1, 0.15) is 5.65 Å². The van der Waals surface area contributed by atoms with Crippen molar-refractivity contribution in [1.29, 1.82) is 0 Å². The predicted octanol–water partition coefficient (Wildman–Crippen LogP) is 0.654. The summed E-state index contributed by atoms with van der Waals surface area (Å²) in [5.41, 5.74) is 2.77. The maximum atomic E-state index is 12.2. The first-order chi connectivity index (χ1) is 10.2. The van der Waals surface area contributed by atoms with Crippen molar-refractivity contribution >= 4 is 5.65 Å². The molecule has 110 valence electrons. The fourth-order valence-corrected chi connectivity index (χ4v) is 3.65. The summed E-state index contributed by atoms with van der Waals surface area (Å²) in [6.07, 6.45) is 1.80. The minimum atomic E-state index is 0.0102. The molecule has 0 unspecified atom stereocenters. The smallest absolute Gasteiger partial charge is 0.258 e. The Bertz CT molecular complexity index is 727. The lowest BCUT2D eigenvalue weighted by Gasteiger charge is -2.16. The number of hydrogen-bond acceptors (Lipinski definition) is 4. The van der Waals surface area contributed by atoms with Gasteiger partial charge in [-0.25, -0.2) is 4.98 Å². The van der Waals surface area contributed by atoms with E-state index < -0.39 is 0 Å². The van der Waals surface area contributed by atoms with E-state index >= 15 is 0 Å². The molecule has 0 radical (unpaired) electrons. The summed E-state index contributed by atoms with van der Waals surface area (Å²) >= 11 is 0. The van der Waals surface area contributed by atoms with Crippen molar-refractivity contribution < 1.29 is 0 Å². The summed E-state index contributed by atoms with van der Waals surface area (Å²) in [7, 11) is 0. The van der Waals surface area contributed by atoms with E-state index in [4.69, 9.17) is 0 Å². The van der Waals surface area contributed by atoms with Crippen LogP contribution in [0, 0.1) is 18.8 Å². The van der Waals surface area contributed by atoms with Crippen LogP contribution >= 0.6 is 0 Å². The quantitative estimate of drug-likeness (QED) is 0.880. The molecule has 5 heteroatoms. The van der Waals surface area contributed by atoms with Crippen molar-refractivity contribution in [2.45, 2.75) is 13.5 Å². The van der Waals surface area contributed by atoms with Crippen LogP contribution in [0.5, 0.6) is 0 Å². The van der Waals surface area contributed by atoms with Crippen molar-refractivity contribution in [1.82, 2.24) is 19.6 Å². The third kappa shape index (κ3) is 2.36. The summed E-state index contributed by atoms with van der Waals surface area (Å²) in [6.45, 7) is 7.31. The van der Waals surface area contributed by atoms with Gasteiger partial charge >= 0.3 is 0 Å². The van der Waals surface area contributed by atoms with Gasteiger partial charge in [0.2, 0.25) is 0 Å². The van der Waals surface area contributed by atoms with Crippen molar-refractivity contribution in [2.75, 3.05) is 26.2 Å². The van der Waals surface area contributed by atoms with Crippen LogP contribution in [0.25, 0.3) is 5.65 Å². The average molecular weight is 284 g/mol. The Labute approximate surface area is 123 Å². The van der Waals surface area contributed by atoms with Gasteiger partial charge in [0.15, 0.2) is 0 Å². The Balaban J connectivity index is 1.60. The van der Waals surface area contributed by atoms with Crippen LogP contribution in [-0.2, 0) is 6.54 Å². The van der Waals surface area contributed by atoms with Crippen LogP contribution in [-0.4, -0.2) is 40.5 Å². The molecule has 2 aromatic rings. The van der Waals surface area contributed by atoms with E-state index in [1.54, 1.807) is 16.7 Å². The Morgan fingerprint density at radius 3 is 2.81 bits per heavy atom. The van der Waals surface area contributed by atoms with Crippen LogP contribution in [0.4, 0.5) is 0 Å². The standard InChI is InChI=1S/C16H20N4O/c1-11-2-3-20-15(4-11)18-14(5-16(20)21)10-19-8-12-6-17-7-13(12)9-19/h2-5,12-13,17H,6-10H2,1H3/t12-,13+. The number of pyridine rings is 1. The average Bonchev–Trinajstić information content (AvgIpc) is 2.98. The highest BCUT2D eigenvalue weighted by molar-refractivity contribution is 5.41. The minimum Gasteiger partial charge on any atom is -0.316 e. The Morgan fingerprint density at radius 1 is 1.29 bits per heavy atom. The number of nitrogens with zero attached hydrogens (tertiary/aromatic N) is 3. The van der Waals surface area contributed by atoms with Gasteiger partial charge in [-0.3, -0.25) is 14.1 Å². The minimum absolute atomic E-state index is 0.0102. The van der Waals surface area contributed by atoms with E-state index in [-0.39, 0.29) is 5.56 Å². The van der Waals surface area contributed by atoms with Crippen molar-refractivity contribution in [3.63, 3.8) is 0 Å².